The molecule has 1 N–H and O–H groups in total. The monoisotopic (exact) mass is 194 g/mol. The SMILES string of the molecule is CC1=CC[C@@H](C/C=C/C(C)O)C1(C)C. The van der Waals surface area contributed by atoms with Gasteiger partial charge < -0.3 is 5.11 Å². The molecule has 0 spiro atoms. The van der Waals surface area contributed by atoms with Crippen molar-refractivity contribution in [3.8, 4) is 0 Å². The molecule has 0 aromatic heterocycles. The summed E-state index contributed by atoms with van der Waals surface area (Å²) in [5.41, 5.74) is 1.84. The largest absolute Gasteiger partial charge is 0.389 e. The fourth-order valence-electron chi connectivity index (χ4n) is 2.03. The number of rotatable bonds is 3. The van der Waals surface area contributed by atoms with Crippen LogP contribution >= 0.6 is 0 Å². The summed E-state index contributed by atoms with van der Waals surface area (Å²) in [4.78, 5) is 0. The average Bonchev–Trinajstić information content (AvgIpc) is 2.30. The minimum atomic E-state index is -0.312. The van der Waals surface area contributed by atoms with Crippen molar-refractivity contribution in [1.29, 1.82) is 0 Å². The van der Waals surface area contributed by atoms with Crippen LogP contribution in [0.4, 0.5) is 0 Å². The van der Waals surface area contributed by atoms with E-state index in [-0.39, 0.29) is 6.10 Å². The van der Waals surface area contributed by atoms with Crippen LogP contribution < -0.4 is 0 Å². The minimum Gasteiger partial charge on any atom is -0.389 e. The van der Waals surface area contributed by atoms with Gasteiger partial charge in [0, 0.05) is 0 Å². The Labute approximate surface area is 87.5 Å². The molecule has 0 saturated heterocycles. The van der Waals surface area contributed by atoms with Gasteiger partial charge in [0.25, 0.3) is 0 Å². The molecule has 0 aliphatic heterocycles. The summed E-state index contributed by atoms with van der Waals surface area (Å²) in [7, 11) is 0. The van der Waals surface area contributed by atoms with Crippen LogP contribution in [0, 0.1) is 11.3 Å². The van der Waals surface area contributed by atoms with Crippen molar-refractivity contribution >= 4 is 0 Å². The highest BCUT2D eigenvalue weighted by atomic mass is 16.3. The van der Waals surface area contributed by atoms with Gasteiger partial charge in [-0.25, -0.2) is 0 Å². The van der Waals surface area contributed by atoms with Crippen molar-refractivity contribution in [2.45, 2.75) is 46.6 Å². The number of aliphatic hydroxyl groups is 1. The Kier molecular flexibility index (Phi) is 3.54. The predicted octanol–water partition coefficient (Wildman–Crippen LogP) is 3.31. The van der Waals surface area contributed by atoms with Crippen molar-refractivity contribution < 1.29 is 5.11 Å². The molecule has 0 radical (unpaired) electrons. The first kappa shape index (κ1) is 11.5. The topological polar surface area (TPSA) is 20.2 Å². The molecule has 0 amide bonds. The lowest BCUT2D eigenvalue weighted by Gasteiger charge is -2.28. The van der Waals surface area contributed by atoms with E-state index in [0.717, 1.165) is 6.42 Å². The second-order valence-electron chi connectivity index (χ2n) is 4.95. The second kappa shape index (κ2) is 4.31. The van der Waals surface area contributed by atoms with Gasteiger partial charge in [0.2, 0.25) is 0 Å². The van der Waals surface area contributed by atoms with Crippen LogP contribution in [0.1, 0.15) is 40.5 Å². The molecule has 1 unspecified atom stereocenters. The highest BCUT2D eigenvalue weighted by Crippen LogP contribution is 2.44. The molecule has 1 heteroatoms. The van der Waals surface area contributed by atoms with Crippen LogP contribution in [0.2, 0.25) is 0 Å². The molecule has 0 aromatic rings. The lowest BCUT2D eigenvalue weighted by molar-refractivity contribution is 0.242. The van der Waals surface area contributed by atoms with Crippen LogP contribution in [0.3, 0.4) is 0 Å². The maximum Gasteiger partial charge on any atom is 0.0692 e. The standard InChI is InChI=1S/C13H22O/c1-10-8-9-12(13(10,3)4)7-5-6-11(2)14/h5-6,8,11-12,14H,7,9H2,1-4H3/b6-5+/t11?,12-/m1/s1. The zero-order valence-corrected chi connectivity index (χ0v) is 9.75. The summed E-state index contributed by atoms with van der Waals surface area (Å²) < 4.78 is 0. The van der Waals surface area contributed by atoms with Gasteiger partial charge in [0.15, 0.2) is 0 Å². The normalized spacial score (nSPS) is 28.1. The summed E-state index contributed by atoms with van der Waals surface area (Å²) in [6, 6.07) is 0. The first-order valence-electron chi connectivity index (χ1n) is 5.46. The molecular formula is C13H22O. The molecule has 14 heavy (non-hydrogen) atoms. The molecule has 0 bridgehead atoms. The number of hydrogen-bond acceptors (Lipinski definition) is 1. The molecule has 0 heterocycles. The lowest BCUT2D eigenvalue weighted by atomic mass is 9.76. The maximum absolute atomic E-state index is 9.11. The van der Waals surface area contributed by atoms with Gasteiger partial charge in [-0.1, -0.05) is 37.6 Å². The average molecular weight is 194 g/mol. The Balaban J connectivity index is 2.49. The van der Waals surface area contributed by atoms with E-state index >= 15 is 0 Å². The van der Waals surface area contributed by atoms with Crippen molar-refractivity contribution in [3.63, 3.8) is 0 Å². The lowest BCUT2D eigenvalue weighted by Crippen LogP contribution is -2.19. The molecular weight excluding hydrogens is 172 g/mol. The van der Waals surface area contributed by atoms with E-state index in [1.165, 1.54) is 12.0 Å². The fraction of sp³-hybridized carbons (Fsp3) is 0.692. The van der Waals surface area contributed by atoms with Gasteiger partial charge in [-0.3, -0.25) is 0 Å². The third-order valence-electron chi connectivity index (χ3n) is 3.58. The van der Waals surface area contributed by atoms with Crippen LogP contribution in [0.25, 0.3) is 0 Å². The summed E-state index contributed by atoms with van der Waals surface area (Å²) in [6.45, 7) is 8.64. The van der Waals surface area contributed by atoms with Crippen molar-refractivity contribution in [2.75, 3.05) is 0 Å². The van der Waals surface area contributed by atoms with Crippen molar-refractivity contribution in [1.82, 2.24) is 0 Å². The number of aliphatic hydroxyl groups excluding tert-OH is 1. The van der Waals surface area contributed by atoms with Crippen LogP contribution in [0.5, 0.6) is 0 Å². The molecule has 1 aliphatic carbocycles. The van der Waals surface area contributed by atoms with Crippen molar-refractivity contribution in [3.05, 3.63) is 23.8 Å². The Morgan fingerprint density at radius 3 is 2.71 bits per heavy atom. The smallest absolute Gasteiger partial charge is 0.0692 e. The van der Waals surface area contributed by atoms with E-state index in [1.807, 2.05) is 6.08 Å². The minimum absolute atomic E-state index is 0.312. The fourth-order valence-corrected chi connectivity index (χ4v) is 2.03. The number of hydrogen-bond donors (Lipinski definition) is 1. The Bertz CT molecular complexity index is 246. The summed E-state index contributed by atoms with van der Waals surface area (Å²) in [5.74, 6) is 0.706. The van der Waals surface area contributed by atoms with E-state index < -0.39 is 0 Å². The van der Waals surface area contributed by atoms with Crippen LogP contribution in [0.15, 0.2) is 23.8 Å². The molecule has 1 aliphatic rings. The molecule has 0 saturated carbocycles. The van der Waals surface area contributed by atoms with Gasteiger partial charge >= 0.3 is 0 Å². The molecule has 0 aromatic carbocycles. The third kappa shape index (κ3) is 2.48. The van der Waals surface area contributed by atoms with Crippen molar-refractivity contribution in [2.24, 2.45) is 11.3 Å². The predicted molar refractivity (Wildman–Crippen MR) is 61.1 cm³/mol. The van der Waals surface area contributed by atoms with Gasteiger partial charge in [-0.15, -0.1) is 0 Å². The van der Waals surface area contributed by atoms with E-state index in [1.54, 1.807) is 6.92 Å². The zero-order valence-electron chi connectivity index (χ0n) is 9.75. The van der Waals surface area contributed by atoms with Gasteiger partial charge in [-0.2, -0.15) is 0 Å². The Morgan fingerprint density at radius 2 is 2.29 bits per heavy atom. The molecule has 1 rings (SSSR count). The third-order valence-corrected chi connectivity index (χ3v) is 3.58. The first-order valence-corrected chi connectivity index (χ1v) is 5.46. The summed E-state index contributed by atoms with van der Waals surface area (Å²) >= 11 is 0. The molecule has 2 atom stereocenters. The molecule has 80 valence electrons. The van der Waals surface area contributed by atoms with Crippen LogP contribution in [-0.2, 0) is 0 Å². The van der Waals surface area contributed by atoms with E-state index in [9.17, 15) is 0 Å². The van der Waals surface area contributed by atoms with E-state index in [4.69, 9.17) is 5.11 Å². The van der Waals surface area contributed by atoms with Gasteiger partial charge in [-0.05, 0) is 38.0 Å². The summed E-state index contributed by atoms with van der Waals surface area (Å²) in [5, 5.41) is 9.11. The Morgan fingerprint density at radius 1 is 1.64 bits per heavy atom. The molecule has 0 fully saturated rings. The second-order valence-corrected chi connectivity index (χ2v) is 4.95. The van der Waals surface area contributed by atoms with Crippen LogP contribution in [-0.4, -0.2) is 11.2 Å². The van der Waals surface area contributed by atoms with Gasteiger partial charge in [0.1, 0.15) is 0 Å². The van der Waals surface area contributed by atoms with E-state index in [0.29, 0.717) is 11.3 Å². The highest BCUT2D eigenvalue weighted by Gasteiger charge is 2.33. The number of allylic oxidation sites excluding steroid dienone is 3. The quantitative estimate of drug-likeness (QED) is 0.683. The first-order chi connectivity index (χ1) is 6.44. The van der Waals surface area contributed by atoms with Gasteiger partial charge in [0.05, 0.1) is 6.10 Å². The summed E-state index contributed by atoms with van der Waals surface area (Å²) in [6.07, 6.45) is 8.29. The maximum atomic E-state index is 9.11. The van der Waals surface area contributed by atoms with E-state index in [2.05, 4.69) is 32.9 Å². The zero-order chi connectivity index (χ0) is 10.8. The molecule has 1 nitrogen and oxygen atoms in total. The Hall–Kier alpha value is -0.560. The highest BCUT2D eigenvalue weighted by molar-refractivity contribution is 5.18.